The van der Waals surface area contributed by atoms with Crippen LogP contribution < -0.4 is 10.1 Å². The normalized spacial score (nSPS) is 23.6. The molecule has 0 radical (unpaired) electrons. The molecule has 166 valence electrons. The van der Waals surface area contributed by atoms with Crippen molar-refractivity contribution < 1.29 is 19.4 Å². The van der Waals surface area contributed by atoms with Gasteiger partial charge in [-0.2, -0.15) is 0 Å². The van der Waals surface area contributed by atoms with Crippen molar-refractivity contribution in [3.8, 4) is 5.75 Å². The summed E-state index contributed by atoms with van der Waals surface area (Å²) in [5.41, 5.74) is 0.220. The number of rotatable bonds is 6. The number of nitrogens with one attached hydrogen (secondary N) is 1. The van der Waals surface area contributed by atoms with Gasteiger partial charge in [0.1, 0.15) is 5.75 Å². The van der Waals surface area contributed by atoms with Crippen molar-refractivity contribution in [2.24, 2.45) is 0 Å². The van der Waals surface area contributed by atoms with Crippen molar-refractivity contribution >= 4 is 11.8 Å². The maximum absolute atomic E-state index is 12.8. The fraction of sp³-hybridized carbons (Fsp3) is 0.652. The van der Waals surface area contributed by atoms with E-state index in [4.69, 9.17) is 4.74 Å². The summed E-state index contributed by atoms with van der Waals surface area (Å²) in [5.74, 6) is 0.919. The number of ether oxygens (including phenoxy) is 1. The van der Waals surface area contributed by atoms with Gasteiger partial charge >= 0.3 is 0 Å². The summed E-state index contributed by atoms with van der Waals surface area (Å²) in [5, 5.41) is 14.2. The standard InChI is InChI=1S/C23H35N3O4/c1-18(27)24-20-8-13-25(14-9-20)17-23(29)10-3-12-26(15-11-23)22(28)16-19-4-6-21(30-2)7-5-19/h4-7,20,29H,3,8-17H2,1-2H3,(H,24,27)/t23-/m0/s1. The van der Waals surface area contributed by atoms with E-state index in [2.05, 4.69) is 10.2 Å². The Hall–Kier alpha value is -2.12. The van der Waals surface area contributed by atoms with Gasteiger partial charge in [0, 0.05) is 45.7 Å². The second-order valence-corrected chi connectivity index (χ2v) is 8.73. The molecule has 2 aliphatic heterocycles. The first-order valence-electron chi connectivity index (χ1n) is 11.0. The lowest BCUT2D eigenvalue weighted by molar-refractivity contribution is -0.130. The molecule has 30 heavy (non-hydrogen) atoms. The molecular formula is C23H35N3O4. The summed E-state index contributed by atoms with van der Waals surface area (Å²) < 4.78 is 5.17. The van der Waals surface area contributed by atoms with E-state index in [1.165, 1.54) is 0 Å². The molecular weight excluding hydrogens is 382 g/mol. The molecule has 3 rings (SSSR count). The van der Waals surface area contributed by atoms with Gasteiger partial charge in [0.05, 0.1) is 19.1 Å². The van der Waals surface area contributed by atoms with Gasteiger partial charge in [-0.15, -0.1) is 0 Å². The Balaban J connectivity index is 1.47. The van der Waals surface area contributed by atoms with Crippen molar-refractivity contribution in [2.75, 3.05) is 39.8 Å². The van der Waals surface area contributed by atoms with Crippen LogP contribution in [-0.2, 0) is 16.0 Å². The Labute approximate surface area is 179 Å². The van der Waals surface area contributed by atoms with E-state index < -0.39 is 5.60 Å². The number of nitrogens with zero attached hydrogens (tertiary/aromatic N) is 2. The lowest BCUT2D eigenvalue weighted by Crippen LogP contribution is -2.50. The molecule has 0 unspecified atom stereocenters. The van der Waals surface area contributed by atoms with Gasteiger partial charge in [-0.05, 0) is 49.8 Å². The predicted octanol–water partition coefficient (Wildman–Crippen LogP) is 1.58. The first-order valence-corrected chi connectivity index (χ1v) is 11.0. The number of likely N-dealkylation sites (tertiary alicyclic amines) is 2. The summed E-state index contributed by atoms with van der Waals surface area (Å²) in [4.78, 5) is 28.2. The Bertz CT molecular complexity index is 716. The Morgan fingerprint density at radius 1 is 1.13 bits per heavy atom. The topological polar surface area (TPSA) is 82.1 Å². The third-order valence-electron chi connectivity index (χ3n) is 6.30. The minimum atomic E-state index is -0.754. The summed E-state index contributed by atoms with van der Waals surface area (Å²) in [6, 6.07) is 7.84. The Kier molecular flexibility index (Phi) is 7.72. The minimum absolute atomic E-state index is 0.0234. The van der Waals surface area contributed by atoms with Gasteiger partial charge in [0.25, 0.3) is 0 Å². The molecule has 7 heteroatoms. The number of benzene rings is 1. The molecule has 0 spiro atoms. The van der Waals surface area contributed by atoms with Gasteiger partial charge in [0.2, 0.25) is 11.8 Å². The molecule has 2 heterocycles. The largest absolute Gasteiger partial charge is 0.497 e. The van der Waals surface area contributed by atoms with Crippen molar-refractivity contribution in [3.63, 3.8) is 0 Å². The van der Waals surface area contributed by atoms with E-state index in [9.17, 15) is 14.7 Å². The van der Waals surface area contributed by atoms with Crippen LogP contribution in [0.4, 0.5) is 0 Å². The van der Waals surface area contributed by atoms with E-state index in [-0.39, 0.29) is 17.9 Å². The average molecular weight is 418 g/mol. The molecule has 0 aromatic heterocycles. The second-order valence-electron chi connectivity index (χ2n) is 8.73. The lowest BCUT2D eigenvalue weighted by atomic mass is 9.93. The van der Waals surface area contributed by atoms with Crippen LogP contribution in [0.25, 0.3) is 0 Å². The van der Waals surface area contributed by atoms with Gasteiger partial charge in [-0.25, -0.2) is 0 Å². The first-order chi connectivity index (χ1) is 14.4. The third-order valence-corrected chi connectivity index (χ3v) is 6.30. The SMILES string of the molecule is COc1ccc(CC(=O)N2CCC[C@@](O)(CN3CCC(NC(C)=O)CC3)CC2)cc1. The number of carbonyl (C=O) groups is 2. The Morgan fingerprint density at radius 2 is 1.83 bits per heavy atom. The van der Waals surface area contributed by atoms with Crippen molar-refractivity contribution in [1.29, 1.82) is 0 Å². The molecule has 0 bridgehead atoms. The highest BCUT2D eigenvalue weighted by molar-refractivity contribution is 5.78. The van der Waals surface area contributed by atoms with Gasteiger partial charge < -0.3 is 25.0 Å². The van der Waals surface area contributed by atoms with Crippen LogP contribution in [0.3, 0.4) is 0 Å². The minimum Gasteiger partial charge on any atom is -0.497 e. The molecule has 2 saturated heterocycles. The van der Waals surface area contributed by atoms with Crippen molar-refractivity contribution in [3.05, 3.63) is 29.8 Å². The summed E-state index contributed by atoms with van der Waals surface area (Å²) >= 11 is 0. The molecule has 1 atom stereocenters. The average Bonchev–Trinajstić information content (AvgIpc) is 2.91. The van der Waals surface area contributed by atoms with Crippen molar-refractivity contribution in [2.45, 2.75) is 57.1 Å². The predicted molar refractivity (Wildman–Crippen MR) is 115 cm³/mol. The summed E-state index contributed by atoms with van der Waals surface area (Å²) in [6.45, 7) is 5.25. The van der Waals surface area contributed by atoms with E-state index in [1.807, 2.05) is 29.2 Å². The van der Waals surface area contributed by atoms with Gasteiger partial charge in [-0.3, -0.25) is 9.59 Å². The van der Waals surface area contributed by atoms with Crippen molar-refractivity contribution in [1.82, 2.24) is 15.1 Å². The van der Waals surface area contributed by atoms with E-state index >= 15 is 0 Å². The number of carbonyl (C=O) groups excluding carboxylic acids is 2. The van der Waals surface area contributed by atoms with Crippen LogP contribution in [0.1, 0.15) is 44.6 Å². The highest BCUT2D eigenvalue weighted by atomic mass is 16.5. The van der Waals surface area contributed by atoms with E-state index in [1.54, 1.807) is 14.0 Å². The fourth-order valence-electron chi connectivity index (χ4n) is 4.56. The molecule has 0 aliphatic carbocycles. The molecule has 1 aromatic carbocycles. The second kappa shape index (κ2) is 10.3. The zero-order chi connectivity index (χ0) is 21.6. The summed E-state index contributed by atoms with van der Waals surface area (Å²) in [7, 11) is 1.63. The highest BCUT2D eigenvalue weighted by Gasteiger charge is 2.34. The lowest BCUT2D eigenvalue weighted by Gasteiger charge is -2.38. The van der Waals surface area contributed by atoms with E-state index in [0.717, 1.165) is 43.7 Å². The van der Waals surface area contributed by atoms with Crippen LogP contribution in [0.2, 0.25) is 0 Å². The zero-order valence-electron chi connectivity index (χ0n) is 18.2. The molecule has 2 fully saturated rings. The number of piperidine rings is 1. The number of β-amino-alcohol motifs (C(OH)–C–C–N with tert-alkyl or cyclic N) is 1. The van der Waals surface area contributed by atoms with Crippen LogP contribution in [0.15, 0.2) is 24.3 Å². The molecule has 2 aliphatic rings. The molecule has 7 nitrogen and oxygen atoms in total. The number of aliphatic hydroxyl groups is 1. The molecule has 2 N–H and O–H groups in total. The molecule has 2 amide bonds. The molecule has 0 saturated carbocycles. The Morgan fingerprint density at radius 3 is 2.47 bits per heavy atom. The zero-order valence-corrected chi connectivity index (χ0v) is 18.2. The monoisotopic (exact) mass is 417 g/mol. The van der Waals surface area contributed by atoms with Crippen LogP contribution >= 0.6 is 0 Å². The number of hydrogen-bond acceptors (Lipinski definition) is 5. The first kappa shape index (κ1) is 22.6. The molecule has 1 aromatic rings. The number of methoxy groups -OCH3 is 1. The summed E-state index contributed by atoms with van der Waals surface area (Å²) in [6.07, 6.45) is 4.34. The number of amides is 2. The van der Waals surface area contributed by atoms with Gasteiger partial charge in [0.15, 0.2) is 0 Å². The maximum Gasteiger partial charge on any atom is 0.226 e. The number of hydrogen-bond donors (Lipinski definition) is 2. The highest BCUT2D eigenvalue weighted by Crippen LogP contribution is 2.25. The van der Waals surface area contributed by atoms with Crippen LogP contribution in [0, 0.1) is 0 Å². The van der Waals surface area contributed by atoms with Crippen LogP contribution in [-0.4, -0.2) is 78.2 Å². The van der Waals surface area contributed by atoms with Gasteiger partial charge in [-0.1, -0.05) is 12.1 Å². The fourth-order valence-corrected chi connectivity index (χ4v) is 4.56. The van der Waals surface area contributed by atoms with Crippen LogP contribution in [0.5, 0.6) is 5.75 Å². The quantitative estimate of drug-likeness (QED) is 0.735. The third kappa shape index (κ3) is 6.44. The van der Waals surface area contributed by atoms with E-state index in [0.29, 0.717) is 38.9 Å². The maximum atomic E-state index is 12.8. The smallest absolute Gasteiger partial charge is 0.226 e.